The minimum atomic E-state index is 0.000629. The van der Waals surface area contributed by atoms with Crippen molar-refractivity contribution in [2.75, 3.05) is 19.0 Å². The number of ether oxygens (including phenoxy) is 1. The van der Waals surface area contributed by atoms with E-state index in [2.05, 4.69) is 22.4 Å². The fourth-order valence-electron chi connectivity index (χ4n) is 3.38. The highest BCUT2D eigenvalue weighted by atomic mass is 16.5. The number of methoxy groups -OCH3 is 1. The molecule has 0 spiro atoms. The van der Waals surface area contributed by atoms with Crippen molar-refractivity contribution in [3.63, 3.8) is 0 Å². The number of anilines is 2. The lowest BCUT2D eigenvalue weighted by Gasteiger charge is -2.29. The maximum absolute atomic E-state index is 13.0. The maximum Gasteiger partial charge on any atom is 0.255 e. The number of aromatic nitrogens is 1. The van der Waals surface area contributed by atoms with Gasteiger partial charge in [0.1, 0.15) is 5.75 Å². The van der Waals surface area contributed by atoms with Gasteiger partial charge in [-0.15, -0.1) is 0 Å². The molecule has 27 heavy (non-hydrogen) atoms. The lowest BCUT2D eigenvalue weighted by atomic mass is 9.99. The quantitative estimate of drug-likeness (QED) is 0.764. The van der Waals surface area contributed by atoms with Crippen molar-refractivity contribution in [3.05, 3.63) is 83.7 Å². The van der Waals surface area contributed by atoms with Crippen LogP contribution in [0.1, 0.15) is 21.5 Å². The van der Waals surface area contributed by atoms with E-state index < -0.39 is 0 Å². The number of hydrogen-bond donors (Lipinski definition) is 1. The maximum atomic E-state index is 13.0. The Morgan fingerprint density at radius 3 is 2.70 bits per heavy atom. The second-order valence-electron chi connectivity index (χ2n) is 6.53. The largest absolute Gasteiger partial charge is 0.495 e. The van der Waals surface area contributed by atoms with Gasteiger partial charge in [0.15, 0.2) is 0 Å². The molecule has 1 N–H and O–H groups in total. The van der Waals surface area contributed by atoms with Crippen molar-refractivity contribution < 1.29 is 9.53 Å². The van der Waals surface area contributed by atoms with Crippen molar-refractivity contribution >= 4 is 17.3 Å². The topological polar surface area (TPSA) is 54.5 Å². The van der Waals surface area contributed by atoms with Gasteiger partial charge in [-0.25, -0.2) is 0 Å². The number of nitrogens with one attached hydrogen (secondary N) is 1. The zero-order chi connectivity index (χ0) is 18.6. The van der Waals surface area contributed by atoms with E-state index in [1.165, 1.54) is 11.1 Å². The fraction of sp³-hybridized carbons (Fsp3) is 0.182. The van der Waals surface area contributed by atoms with Gasteiger partial charge in [-0.05, 0) is 35.7 Å². The summed E-state index contributed by atoms with van der Waals surface area (Å²) in [5.74, 6) is 0.738. The standard InChI is InChI=1S/C22H21N3O2/c1-27-21-9-5-4-8-20(21)24-19-12-18(13-23-14-19)22(26)25-11-10-16-6-2-3-7-17(16)15-25/h2-9,12-14,24H,10-11,15H2,1H3. The number of rotatable bonds is 4. The highest BCUT2D eigenvalue weighted by molar-refractivity contribution is 5.95. The van der Waals surface area contributed by atoms with Gasteiger partial charge in [-0.2, -0.15) is 0 Å². The molecule has 0 atom stereocenters. The molecule has 1 aromatic heterocycles. The van der Waals surface area contributed by atoms with Gasteiger partial charge in [0.25, 0.3) is 5.91 Å². The van der Waals surface area contributed by atoms with E-state index in [-0.39, 0.29) is 5.91 Å². The van der Waals surface area contributed by atoms with Crippen LogP contribution < -0.4 is 10.1 Å². The molecule has 1 amide bonds. The normalized spacial score (nSPS) is 13.0. The Labute approximate surface area is 158 Å². The highest BCUT2D eigenvalue weighted by Gasteiger charge is 2.22. The Hall–Kier alpha value is -3.34. The van der Waals surface area contributed by atoms with E-state index in [0.29, 0.717) is 12.1 Å². The number of hydrogen-bond acceptors (Lipinski definition) is 4. The van der Waals surface area contributed by atoms with Crippen molar-refractivity contribution in [1.29, 1.82) is 0 Å². The number of pyridine rings is 1. The third-order valence-corrected chi connectivity index (χ3v) is 4.79. The first-order valence-electron chi connectivity index (χ1n) is 8.96. The van der Waals surface area contributed by atoms with Crippen molar-refractivity contribution in [2.45, 2.75) is 13.0 Å². The van der Waals surface area contributed by atoms with Crippen LogP contribution in [0.3, 0.4) is 0 Å². The third-order valence-electron chi connectivity index (χ3n) is 4.79. The number of carbonyl (C=O) groups is 1. The molecule has 136 valence electrons. The Morgan fingerprint density at radius 1 is 1.07 bits per heavy atom. The lowest BCUT2D eigenvalue weighted by Crippen LogP contribution is -2.36. The summed E-state index contributed by atoms with van der Waals surface area (Å²) in [4.78, 5) is 19.1. The molecule has 0 bridgehead atoms. The fourth-order valence-corrected chi connectivity index (χ4v) is 3.38. The molecule has 0 aliphatic carbocycles. The van der Waals surface area contributed by atoms with E-state index in [9.17, 15) is 4.79 Å². The zero-order valence-corrected chi connectivity index (χ0v) is 15.2. The molecular weight excluding hydrogens is 338 g/mol. The predicted octanol–water partition coefficient (Wildman–Crippen LogP) is 4.03. The first-order chi connectivity index (χ1) is 13.2. The van der Waals surface area contributed by atoms with Crippen LogP contribution in [0, 0.1) is 0 Å². The average Bonchev–Trinajstić information content (AvgIpc) is 2.73. The molecule has 0 saturated heterocycles. The van der Waals surface area contributed by atoms with E-state index >= 15 is 0 Å². The van der Waals surface area contributed by atoms with Crippen LogP contribution in [0.2, 0.25) is 0 Å². The first kappa shape index (κ1) is 17.1. The molecule has 0 fully saturated rings. The highest BCUT2D eigenvalue weighted by Crippen LogP contribution is 2.27. The number of benzene rings is 2. The van der Waals surface area contributed by atoms with Gasteiger partial charge in [-0.1, -0.05) is 36.4 Å². The summed E-state index contributed by atoms with van der Waals surface area (Å²) in [6.07, 6.45) is 4.21. The molecule has 4 rings (SSSR count). The summed E-state index contributed by atoms with van der Waals surface area (Å²) < 4.78 is 5.37. The number of fused-ring (bicyclic) bond motifs is 1. The Morgan fingerprint density at radius 2 is 1.85 bits per heavy atom. The Balaban J connectivity index is 1.53. The molecule has 1 aliphatic heterocycles. The number of carbonyl (C=O) groups excluding carboxylic acids is 1. The van der Waals surface area contributed by atoms with Gasteiger partial charge in [0.2, 0.25) is 0 Å². The van der Waals surface area contributed by atoms with Gasteiger partial charge in [0, 0.05) is 19.3 Å². The molecule has 2 heterocycles. The van der Waals surface area contributed by atoms with Crippen LogP contribution in [0.5, 0.6) is 5.75 Å². The van der Waals surface area contributed by atoms with Crippen LogP contribution in [0.4, 0.5) is 11.4 Å². The average molecular weight is 359 g/mol. The SMILES string of the molecule is COc1ccccc1Nc1cncc(C(=O)N2CCc3ccccc3C2)c1. The lowest BCUT2D eigenvalue weighted by molar-refractivity contribution is 0.0734. The van der Waals surface area contributed by atoms with Crippen molar-refractivity contribution in [1.82, 2.24) is 9.88 Å². The summed E-state index contributed by atoms with van der Waals surface area (Å²) in [5, 5.41) is 3.28. The summed E-state index contributed by atoms with van der Waals surface area (Å²) in [6.45, 7) is 1.36. The summed E-state index contributed by atoms with van der Waals surface area (Å²) in [5.41, 5.74) is 4.70. The minimum absolute atomic E-state index is 0.000629. The Kier molecular flexibility index (Phi) is 4.75. The van der Waals surface area contributed by atoms with E-state index in [0.717, 1.165) is 30.1 Å². The zero-order valence-electron chi connectivity index (χ0n) is 15.2. The smallest absolute Gasteiger partial charge is 0.255 e. The minimum Gasteiger partial charge on any atom is -0.495 e. The second kappa shape index (κ2) is 7.50. The monoisotopic (exact) mass is 359 g/mol. The van der Waals surface area contributed by atoms with E-state index in [1.54, 1.807) is 19.5 Å². The first-order valence-corrected chi connectivity index (χ1v) is 8.96. The molecule has 5 heteroatoms. The van der Waals surface area contributed by atoms with E-state index in [4.69, 9.17) is 4.74 Å². The van der Waals surface area contributed by atoms with Crippen molar-refractivity contribution in [2.24, 2.45) is 0 Å². The van der Waals surface area contributed by atoms with E-state index in [1.807, 2.05) is 47.4 Å². The molecule has 1 aliphatic rings. The third kappa shape index (κ3) is 3.62. The van der Waals surface area contributed by atoms with Crippen LogP contribution in [-0.4, -0.2) is 29.4 Å². The second-order valence-corrected chi connectivity index (χ2v) is 6.53. The van der Waals surface area contributed by atoms with Gasteiger partial charge < -0.3 is 15.0 Å². The predicted molar refractivity (Wildman–Crippen MR) is 105 cm³/mol. The number of para-hydroxylation sites is 2. The van der Waals surface area contributed by atoms with Gasteiger partial charge in [0.05, 0.1) is 30.2 Å². The molecule has 3 aromatic rings. The van der Waals surface area contributed by atoms with Crippen LogP contribution in [0.15, 0.2) is 67.0 Å². The molecule has 5 nitrogen and oxygen atoms in total. The van der Waals surface area contributed by atoms with Crippen LogP contribution >= 0.6 is 0 Å². The summed E-state index contributed by atoms with van der Waals surface area (Å²) in [6, 6.07) is 17.8. The summed E-state index contributed by atoms with van der Waals surface area (Å²) >= 11 is 0. The molecule has 0 radical (unpaired) electrons. The number of nitrogens with zero attached hydrogens (tertiary/aromatic N) is 2. The van der Waals surface area contributed by atoms with Crippen LogP contribution in [0.25, 0.3) is 0 Å². The molecule has 0 unspecified atom stereocenters. The van der Waals surface area contributed by atoms with Crippen LogP contribution in [-0.2, 0) is 13.0 Å². The Bertz CT molecular complexity index is 971. The molecule has 0 saturated carbocycles. The van der Waals surface area contributed by atoms with Gasteiger partial charge in [-0.3, -0.25) is 9.78 Å². The molecule has 2 aromatic carbocycles. The molecular formula is C22H21N3O2. The number of amides is 1. The van der Waals surface area contributed by atoms with Crippen molar-refractivity contribution in [3.8, 4) is 5.75 Å². The van der Waals surface area contributed by atoms with Gasteiger partial charge >= 0.3 is 0 Å². The summed E-state index contributed by atoms with van der Waals surface area (Å²) in [7, 11) is 1.63.